The third-order valence-electron chi connectivity index (χ3n) is 5.54. The molecule has 1 amide bonds. The number of fused-ring (bicyclic) bond motifs is 1. The molecule has 0 bridgehead atoms. The highest BCUT2D eigenvalue weighted by atomic mass is 16.6. The number of nitrogens with one attached hydrogen (secondary N) is 2. The van der Waals surface area contributed by atoms with Crippen LogP contribution < -0.4 is 5.32 Å². The van der Waals surface area contributed by atoms with Gasteiger partial charge < -0.3 is 25.0 Å². The van der Waals surface area contributed by atoms with E-state index in [-0.39, 0.29) is 18.6 Å². The maximum Gasteiger partial charge on any atom is 0.410 e. The summed E-state index contributed by atoms with van der Waals surface area (Å²) in [6, 6.07) is 17.7. The molecule has 3 N–H and O–H groups in total. The molecule has 7 nitrogen and oxygen atoms in total. The summed E-state index contributed by atoms with van der Waals surface area (Å²) in [5.74, 6) is -0.856. The molecule has 34 heavy (non-hydrogen) atoms. The SMILES string of the molecule is CC(C)(C)OC(=O)N(CCN[C@H](CC(=O)O)Cc1c[nH]c2ccccc12)CCc1ccccc1. The molecule has 0 aliphatic carbocycles. The molecule has 7 heteroatoms. The van der Waals surface area contributed by atoms with E-state index in [1.807, 2.05) is 81.6 Å². The molecule has 182 valence electrons. The Kier molecular flexibility index (Phi) is 8.71. The van der Waals surface area contributed by atoms with Gasteiger partial charge in [0.15, 0.2) is 0 Å². The van der Waals surface area contributed by atoms with Crippen molar-refractivity contribution in [2.75, 3.05) is 19.6 Å². The zero-order valence-electron chi connectivity index (χ0n) is 20.2. The molecule has 1 aromatic heterocycles. The van der Waals surface area contributed by atoms with Gasteiger partial charge in [0.05, 0.1) is 6.42 Å². The highest BCUT2D eigenvalue weighted by molar-refractivity contribution is 5.83. The summed E-state index contributed by atoms with van der Waals surface area (Å²) in [5, 5.41) is 13.9. The predicted molar refractivity (Wildman–Crippen MR) is 134 cm³/mol. The number of ether oxygens (including phenoxy) is 1. The molecule has 0 fully saturated rings. The van der Waals surface area contributed by atoms with Crippen molar-refractivity contribution in [2.24, 2.45) is 0 Å². The highest BCUT2D eigenvalue weighted by Gasteiger charge is 2.23. The van der Waals surface area contributed by atoms with Crippen molar-refractivity contribution in [3.63, 3.8) is 0 Å². The smallest absolute Gasteiger partial charge is 0.410 e. The van der Waals surface area contributed by atoms with E-state index in [4.69, 9.17) is 4.74 Å². The highest BCUT2D eigenvalue weighted by Crippen LogP contribution is 2.20. The van der Waals surface area contributed by atoms with Crippen molar-refractivity contribution in [3.05, 3.63) is 71.9 Å². The van der Waals surface area contributed by atoms with Crippen molar-refractivity contribution < 1.29 is 19.4 Å². The fourth-order valence-corrected chi connectivity index (χ4v) is 3.93. The Morgan fingerprint density at radius 2 is 1.76 bits per heavy atom. The number of carbonyl (C=O) groups excluding carboxylic acids is 1. The van der Waals surface area contributed by atoms with Gasteiger partial charge in [-0.1, -0.05) is 48.5 Å². The molecule has 0 aliphatic rings. The van der Waals surface area contributed by atoms with Crippen molar-refractivity contribution in [1.29, 1.82) is 0 Å². The number of aromatic nitrogens is 1. The maximum atomic E-state index is 12.8. The Labute approximate surface area is 201 Å². The average molecular weight is 466 g/mol. The molecular formula is C27H35N3O4. The van der Waals surface area contributed by atoms with Gasteiger partial charge in [0.2, 0.25) is 0 Å². The lowest BCUT2D eigenvalue weighted by molar-refractivity contribution is -0.137. The number of aliphatic carboxylic acids is 1. The molecule has 0 saturated carbocycles. The number of amides is 1. The van der Waals surface area contributed by atoms with Gasteiger partial charge in [-0.25, -0.2) is 4.79 Å². The van der Waals surface area contributed by atoms with Crippen LogP contribution >= 0.6 is 0 Å². The normalized spacial score (nSPS) is 12.4. The summed E-state index contributed by atoms with van der Waals surface area (Å²) >= 11 is 0. The van der Waals surface area contributed by atoms with Gasteiger partial charge in [-0.15, -0.1) is 0 Å². The molecular weight excluding hydrogens is 430 g/mol. The van der Waals surface area contributed by atoms with E-state index in [0.717, 1.165) is 22.0 Å². The van der Waals surface area contributed by atoms with Gasteiger partial charge in [0, 0.05) is 42.8 Å². The Bertz CT molecular complexity index is 1070. The third-order valence-corrected chi connectivity index (χ3v) is 5.54. The van der Waals surface area contributed by atoms with Crippen molar-refractivity contribution in [1.82, 2.24) is 15.2 Å². The second-order valence-corrected chi connectivity index (χ2v) is 9.52. The summed E-state index contributed by atoms with van der Waals surface area (Å²) in [5.41, 5.74) is 2.66. The molecule has 3 aromatic rings. The Morgan fingerprint density at radius 1 is 1.06 bits per heavy atom. The minimum absolute atomic E-state index is 0.00401. The fourth-order valence-electron chi connectivity index (χ4n) is 3.93. The van der Waals surface area contributed by atoms with Crippen LogP contribution in [0.2, 0.25) is 0 Å². The van der Waals surface area contributed by atoms with E-state index in [0.29, 0.717) is 32.5 Å². The monoisotopic (exact) mass is 465 g/mol. The summed E-state index contributed by atoms with van der Waals surface area (Å²) in [6.45, 7) is 6.96. The molecule has 0 saturated heterocycles. The minimum atomic E-state index is -0.856. The van der Waals surface area contributed by atoms with Gasteiger partial charge in [-0.3, -0.25) is 4.79 Å². The Hall–Kier alpha value is -3.32. The van der Waals surface area contributed by atoms with Crippen LogP contribution in [0.15, 0.2) is 60.8 Å². The summed E-state index contributed by atoms with van der Waals surface area (Å²) in [7, 11) is 0. The van der Waals surface area contributed by atoms with Crippen LogP contribution in [0.1, 0.15) is 38.3 Å². The Balaban J connectivity index is 1.63. The summed E-state index contributed by atoms with van der Waals surface area (Å²) < 4.78 is 5.60. The van der Waals surface area contributed by atoms with Crippen LogP contribution in [0.25, 0.3) is 10.9 Å². The van der Waals surface area contributed by atoms with E-state index >= 15 is 0 Å². The van der Waals surface area contributed by atoms with Crippen LogP contribution in [-0.4, -0.2) is 58.3 Å². The number of aromatic amines is 1. The zero-order chi connectivity index (χ0) is 24.6. The van der Waals surface area contributed by atoms with Crippen LogP contribution in [0, 0.1) is 0 Å². The largest absolute Gasteiger partial charge is 0.481 e. The first-order chi connectivity index (χ1) is 16.2. The molecule has 0 spiro atoms. The van der Waals surface area contributed by atoms with Crippen LogP contribution in [-0.2, 0) is 22.4 Å². The lowest BCUT2D eigenvalue weighted by Gasteiger charge is -2.28. The number of hydrogen-bond donors (Lipinski definition) is 3. The van der Waals surface area contributed by atoms with Gasteiger partial charge >= 0.3 is 12.1 Å². The second kappa shape index (κ2) is 11.7. The van der Waals surface area contributed by atoms with E-state index < -0.39 is 11.6 Å². The molecule has 3 rings (SSSR count). The van der Waals surface area contributed by atoms with E-state index in [9.17, 15) is 14.7 Å². The molecule has 0 radical (unpaired) electrons. The number of H-pyrrole nitrogens is 1. The van der Waals surface area contributed by atoms with Gasteiger partial charge in [0.1, 0.15) is 5.60 Å². The standard InChI is InChI=1S/C27H35N3O4/c1-27(2,3)34-26(33)30(15-13-20-9-5-4-6-10-20)16-14-28-22(18-25(31)32)17-21-19-29-24-12-8-7-11-23(21)24/h4-12,19,22,28-29H,13-18H2,1-3H3,(H,31,32)/t22-/m0/s1. The topological polar surface area (TPSA) is 94.7 Å². The third kappa shape index (κ3) is 7.92. The maximum absolute atomic E-state index is 12.8. The number of para-hydroxylation sites is 1. The molecule has 0 unspecified atom stereocenters. The number of rotatable bonds is 11. The number of hydrogen-bond acceptors (Lipinski definition) is 4. The van der Waals surface area contributed by atoms with Gasteiger partial charge in [-0.05, 0) is 50.8 Å². The minimum Gasteiger partial charge on any atom is -0.481 e. The van der Waals surface area contributed by atoms with E-state index in [2.05, 4.69) is 10.3 Å². The first-order valence-electron chi connectivity index (χ1n) is 11.7. The van der Waals surface area contributed by atoms with Gasteiger partial charge in [-0.2, -0.15) is 0 Å². The van der Waals surface area contributed by atoms with Crippen LogP contribution in [0.5, 0.6) is 0 Å². The summed E-state index contributed by atoms with van der Waals surface area (Å²) in [6.07, 6.45) is 2.86. The molecule has 1 atom stereocenters. The van der Waals surface area contributed by atoms with Crippen LogP contribution in [0.3, 0.4) is 0 Å². The molecule has 1 heterocycles. The average Bonchev–Trinajstić information content (AvgIpc) is 3.18. The summed E-state index contributed by atoms with van der Waals surface area (Å²) in [4.78, 5) is 29.2. The lowest BCUT2D eigenvalue weighted by atomic mass is 10.0. The molecule has 2 aromatic carbocycles. The first-order valence-corrected chi connectivity index (χ1v) is 11.7. The number of carbonyl (C=O) groups is 2. The lowest BCUT2D eigenvalue weighted by Crippen LogP contribution is -2.44. The van der Waals surface area contributed by atoms with Crippen molar-refractivity contribution in [3.8, 4) is 0 Å². The quantitative estimate of drug-likeness (QED) is 0.384. The first kappa shape index (κ1) is 25.3. The number of nitrogens with zero attached hydrogens (tertiary/aromatic N) is 1. The number of carboxylic acid groups (broad SMARTS) is 1. The number of carboxylic acids is 1. The Morgan fingerprint density at radius 3 is 2.47 bits per heavy atom. The molecule has 0 aliphatic heterocycles. The van der Waals surface area contributed by atoms with Crippen LogP contribution in [0.4, 0.5) is 4.79 Å². The van der Waals surface area contributed by atoms with E-state index in [1.165, 1.54) is 0 Å². The fraction of sp³-hybridized carbons (Fsp3) is 0.407. The van der Waals surface area contributed by atoms with E-state index in [1.54, 1.807) is 4.90 Å². The van der Waals surface area contributed by atoms with Gasteiger partial charge in [0.25, 0.3) is 0 Å². The zero-order valence-corrected chi connectivity index (χ0v) is 20.2. The van der Waals surface area contributed by atoms with Crippen molar-refractivity contribution >= 4 is 23.0 Å². The second-order valence-electron chi connectivity index (χ2n) is 9.52. The predicted octanol–water partition coefficient (Wildman–Crippen LogP) is 4.62. The van der Waals surface area contributed by atoms with Crippen molar-refractivity contribution in [2.45, 2.75) is 51.7 Å². The number of benzene rings is 2.